The van der Waals surface area contributed by atoms with Crippen molar-refractivity contribution in [3.05, 3.63) is 48.2 Å². The van der Waals surface area contributed by atoms with E-state index in [0.29, 0.717) is 25.4 Å². The third-order valence-corrected chi connectivity index (χ3v) is 4.92. The Hall–Kier alpha value is -3.03. The Morgan fingerprint density at radius 2 is 2.00 bits per heavy atom. The summed E-state index contributed by atoms with van der Waals surface area (Å²) >= 11 is 0. The molecule has 6 nitrogen and oxygen atoms in total. The average Bonchev–Trinajstić information content (AvgIpc) is 3.19. The number of amides is 2. The second-order valence-electron chi connectivity index (χ2n) is 6.92. The van der Waals surface area contributed by atoms with Crippen molar-refractivity contribution >= 4 is 11.8 Å². The highest BCUT2D eigenvalue weighted by molar-refractivity contribution is 5.95. The minimum atomic E-state index is -2.37. The smallest absolute Gasteiger partial charge is 0.270 e. The molecule has 0 saturated carbocycles. The normalized spacial score (nSPS) is 16.1. The van der Waals surface area contributed by atoms with E-state index in [1.165, 1.54) is 12.0 Å². The van der Waals surface area contributed by atoms with E-state index in [2.05, 4.69) is 10.3 Å². The minimum absolute atomic E-state index is 0.131. The first-order valence-corrected chi connectivity index (χ1v) is 9.42. The number of hydrogen-bond donors (Lipinski definition) is 1. The number of aromatic nitrogens is 1. The Morgan fingerprint density at radius 1 is 1.24 bits per heavy atom. The first kappa shape index (κ1) is 20.7. The molecule has 1 fully saturated rings. The van der Waals surface area contributed by atoms with Crippen LogP contribution in [0.4, 0.5) is 8.78 Å². The molecule has 8 heteroatoms. The van der Waals surface area contributed by atoms with E-state index in [1.54, 1.807) is 12.1 Å². The van der Waals surface area contributed by atoms with Crippen LogP contribution in [0.3, 0.4) is 0 Å². The molecule has 154 valence electrons. The fraction of sp³-hybridized carbons (Fsp3) is 0.381. The summed E-state index contributed by atoms with van der Waals surface area (Å²) < 4.78 is 30.3. The molecule has 2 heterocycles. The summed E-state index contributed by atoms with van der Waals surface area (Å²) in [5, 5.41) is 2.55. The number of pyridine rings is 1. The van der Waals surface area contributed by atoms with Gasteiger partial charge < -0.3 is 15.0 Å². The first-order valence-electron chi connectivity index (χ1n) is 9.42. The van der Waals surface area contributed by atoms with Gasteiger partial charge in [0, 0.05) is 25.1 Å². The zero-order valence-corrected chi connectivity index (χ0v) is 16.1. The lowest BCUT2D eigenvalue weighted by molar-refractivity contribution is -0.129. The van der Waals surface area contributed by atoms with Crippen LogP contribution in [0.5, 0.6) is 5.88 Å². The number of carbonyl (C=O) groups excluding carboxylic acids is 2. The molecule has 0 spiro atoms. The Kier molecular flexibility index (Phi) is 6.74. The van der Waals surface area contributed by atoms with Crippen molar-refractivity contribution in [2.75, 3.05) is 26.7 Å². The molecular formula is C21H23F2N3O3. The predicted octanol–water partition coefficient (Wildman–Crippen LogP) is 2.99. The Bertz CT molecular complexity index is 862. The molecule has 1 aliphatic heterocycles. The zero-order chi connectivity index (χ0) is 20.8. The number of hydrogen-bond acceptors (Lipinski definition) is 4. The quantitative estimate of drug-likeness (QED) is 0.772. The molecule has 0 radical (unpaired) electrons. The van der Waals surface area contributed by atoms with Crippen LogP contribution < -0.4 is 10.1 Å². The van der Waals surface area contributed by atoms with Crippen molar-refractivity contribution in [2.45, 2.75) is 19.3 Å². The van der Waals surface area contributed by atoms with Gasteiger partial charge in [-0.1, -0.05) is 30.3 Å². The molecule has 1 unspecified atom stereocenters. The van der Waals surface area contributed by atoms with Gasteiger partial charge in [-0.05, 0) is 30.0 Å². The lowest BCUT2D eigenvalue weighted by atomic mass is 10.1. The van der Waals surface area contributed by atoms with Gasteiger partial charge in [-0.15, -0.1) is 0 Å². The molecule has 0 bridgehead atoms. The SMILES string of the molecule is COc1nc(C(=O)NCC(=O)N2CCC(CC(F)F)C2)ccc1-c1ccccc1. The Morgan fingerprint density at radius 3 is 2.69 bits per heavy atom. The molecular weight excluding hydrogens is 380 g/mol. The number of methoxy groups -OCH3 is 1. The van der Waals surface area contributed by atoms with Crippen LogP contribution >= 0.6 is 0 Å². The number of nitrogens with zero attached hydrogens (tertiary/aromatic N) is 2. The van der Waals surface area contributed by atoms with Crippen LogP contribution in [-0.4, -0.2) is 54.9 Å². The van der Waals surface area contributed by atoms with Crippen LogP contribution in [0.2, 0.25) is 0 Å². The molecule has 1 aliphatic rings. The lowest BCUT2D eigenvalue weighted by Crippen LogP contribution is -2.39. The summed E-state index contributed by atoms with van der Waals surface area (Å²) in [6.07, 6.45) is -2.01. The Labute approximate surface area is 167 Å². The number of likely N-dealkylation sites (tertiary alicyclic amines) is 1. The lowest BCUT2D eigenvalue weighted by Gasteiger charge is -2.17. The molecule has 2 aromatic rings. The zero-order valence-electron chi connectivity index (χ0n) is 16.1. The van der Waals surface area contributed by atoms with Gasteiger partial charge in [-0.2, -0.15) is 0 Å². The molecule has 2 amide bonds. The number of rotatable bonds is 7. The fourth-order valence-corrected chi connectivity index (χ4v) is 3.42. The van der Waals surface area contributed by atoms with Crippen LogP contribution in [-0.2, 0) is 4.79 Å². The van der Waals surface area contributed by atoms with Gasteiger partial charge in [0.2, 0.25) is 18.2 Å². The van der Waals surface area contributed by atoms with Gasteiger partial charge >= 0.3 is 0 Å². The minimum Gasteiger partial charge on any atom is -0.481 e. The number of alkyl halides is 2. The van der Waals surface area contributed by atoms with E-state index in [0.717, 1.165) is 11.1 Å². The van der Waals surface area contributed by atoms with Crippen molar-refractivity contribution in [2.24, 2.45) is 5.92 Å². The van der Waals surface area contributed by atoms with Gasteiger partial charge in [-0.25, -0.2) is 13.8 Å². The second kappa shape index (κ2) is 9.45. The fourth-order valence-electron chi connectivity index (χ4n) is 3.42. The maximum absolute atomic E-state index is 12.5. The molecule has 1 aromatic carbocycles. The van der Waals surface area contributed by atoms with E-state index < -0.39 is 12.3 Å². The van der Waals surface area contributed by atoms with Crippen LogP contribution in [0.15, 0.2) is 42.5 Å². The van der Waals surface area contributed by atoms with Crippen LogP contribution in [0.1, 0.15) is 23.3 Å². The van der Waals surface area contributed by atoms with Gasteiger partial charge in [0.15, 0.2) is 0 Å². The van der Waals surface area contributed by atoms with E-state index in [9.17, 15) is 18.4 Å². The van der Waals surface area contributed by atoms with Crippen molar-refractivity contribution in [3.63, 3.8) is 0 Å². The number of ether oxygens (including phenoxy) is 1. The molecule has 1 N–H and O–H groups in total. The number of halogens is 2. The van der Waals surface area contributed by atoms with Crippen molar-refractivity contribution in [1.29, 1.82) is 0 Å². The van der Waals surface area contributed by atoms with Crippen molar-refractivity contribution in [3.8, 4) is 17.0 Å². The van der Waals surface area contributed by atoms with Crippen LogP contribution in [0, 0.1) is 5.92 Å². The monoisotopic (exact) mass is 403 g/mol. The maximum atomic E-state index is 12.5. The van der Waals surface area contributed by atoms with E-state index >= 15 is 0 Å². The highest BCUT2D eigenvalue weighted by atomic mass is 19.3. The molecule has 1 saturated heterocycles. The van der Waals surface area contributed by atoms with Gasteiger partial charge in [0.05, 0.1) is 13.7 Å². The molecule has 1 aromatic heterocycles. The third kappa shape index (κ3) is 5.28. The van der Waals surface area contributed by atoms with E-state index in [1.807, 2.05) is 30.3 Å². The van der Waals surface area contributed by atoms with E-state index in [4.69, 9.17) is 4.74 Å². The second-order valence-corrected chi connectivity index (χ2v) is 6.92. The number of benzene rings is 1. The summed E-state index contributed by atoms with van der Waals surface area (Å²) in [4.78, 5) is 30.4. The molecule has 3 rings (SSSR count). The summed E-state index contributed by atoms with van der Waals surface area (Å²) in [5.41, 5.74) is 1.79. The van der Waals surface area contributed by atoms with Gasteiger partial charge in [0.25, 0.3) is 5.91 Å². The topological polar surface area (TPSA) is 71.5 Å². The van der Waals surface area contributed by atoms with Crippen molar-refractivity contribution in [1.82, 2.24) is 15.2 Å². The first-order chi connectivity index (χ1) is 14.0. The number of nitrogens with one attached hydrogen (secondary N) is 1. The summed E-state index contributed by atoms with van der Waals surface area (Å²) in [7, 11) is 1.48. The standard InChI is InChI=1S/C21H23F2N3O3/c1-29-21-16(15-5-3-2-4-6-15)7-8-17(25-21)20(28)24-12-19(27)26-10-9-14(13-26)11-18(22)23/h2-8,14,18H,9-13H2,1H3,(H,24,28). The maximum Gasteiger partial charge on any atom is 0.270 e. The van der Waals surface area contributed by atoms with Crippen molar-refractivity contribution < 1.29 is 23.1 Å². The predicted molar refractivity (Wildman–Crippen MR) is 104 cm³/mol. The van der Waals surface area contributed by atoms with Gasteiger partial charge in [0.1, 0.15) is 5.69 Å². The molecule has 29 heavy (non-hydrogen) atoms. The van der Waals surface area contributed by atoms with Crippen LogP contribution in [0.25, 0.3) is 11.1 Å². The number of carbonyl (C=O) groups is 2. The highest BCUT2D eigenvalue weighted by Crippen LogP contribution is 2.28. The van der Waals surface area contributed by atoms with E-state index in [-0.39, 0.29) is 30.5 Å². The highest BCUT2D eigenvalue weighted by Gasteiger charge is 2.28. The third-order valence-electron chi connectivity index (χ3n) is 4.92. The molecule has 0 aliphatic carbocycles. The van der Waals surface area contributed by atoms with Gasteiger partial charge in [-0.3, -0.25) is 9.59 Å². The summed E-state index contributed by atoms with van der Waals surface area (Å²) in [6.45, 7) is 0.533. The summed E-state index contributed by atoms with van der Waals surface area (Å²) in [6, 6.07) is 12.8. The largest absolute Gasteiger partial charge is 0.481 e. The average molecular weight is 403 g/mol. The Balaban J connectivity index is 1.59. The summed E-state index contributed by atoms with van der Waals surface area (Å²) in [5.74, 6) is -0.668. The molecule has 1 atom stereocenters.